The van der Waals surface area contributed by atoms with Crippen LogP contribution in [0.3, 0.4) is 0 Å². The maximum Gasteiger partial charge on any atom is 0.354 e. The summed E-state index contributed by atoms with van der Waals surface area (Å²) in [6.45, 7) is 3.91. The summed E-state index contributed by atoms with van der Waals surface area (Å²) in [6, 6.07) is 3.28. The number of nitrogens with one attached hydrogen (secondary N) is 1. The molecule has 27 heavy (non-hydrogen) atoms. The van der Waals surface area contributed by atoms with Crippen LogP contribution in [-0.4, -0.2) is 20.0 Å². The number of nitrogens with two attached hydrogens (primary N) is 1. The first-order valence-corrected chi connectivity index (χ1v) is 11.0. The summed E-state index contributed by atoms with van der Waals surface area (Å²) in [5.74, 6) is 0. The Morgan fingerprint density at radius 3 is 2.41 bits per heavy atom. The fraction of sp³-hybridized carbons (Fsp3) is 0.474. The Bertz CT molecular complexity index is 999. The molecule has 1 aromatic heterocycles. The predicted octanol–water partition coefficient (Wildman–Crippen LogP) is 3.37. The fourth-order valence-electron chi connectivity index (χ4n) is 4.03. The van der Waals surface area contributed by atoms with Gasteiger partial charge in [0, 0.05) is 17.9 Å². The Balaban J connectivity index is 1.65. The molecule has 1 atom stereocenters. The highest BCUT2D eigenvalue weighted by atomic mass is 32.2. The molecule has 0 saturated carbocycles. The molecule has 3 N–H and O–H groups in total. The van der Waals surface area contributed by atoms with Crippen LogP contribution in [0.15, 0.2) is 27.7 Å². The molecular formula is C19H25N5O2S. The number of amides is 2. The summed E-state index contributed by atoms with van der Waals surface area (Å²) >= 11 is 0. The standard InChI is InChI=1S/C19H25N5O2S/c1-12(2)24-10-9-17(22-24)27(20,26)23-19(25)21-18-15-7-3-5-13(15)11-14-6-4-8-16(14)18/h9-12H,3-8H2,1-2H3,(H3,20,21,23,25,26)/t27-/m0/s1. The van der Waals surface area contributed by atoms with Crippen molar-refractivity contribution < 1.29 is 9.00 Å². The highest BCUT2D eigenvalue weighted by Crippen LogP contribution is 2.38. The molecule has 0 aliphatic heterocycles. The van der Waals surface area contributed by atoms with Gasteiger partial charge in [0.1, 0.15) is 0 Å². The van der Waals surface area contributed by atoms with Crippen molar-refractivity contribution in [1.82, 2.24) is 9.78 Å². The monoisotopic (exact) mass is 387 g/mol. The zero-order valence-corrected chi connectivity index (χ0v) is 16.5. The third-order valence-electron chi connectivity index (χ3n) is 5.34. The Morgan fingerprint density at radius 1 is 1.22 bits per heavy atom. The van der Waals surface area contributed by atoms with Crippen LogP contribution in [0.4, 0.5) is 10.5 Å². The van der Waals surface area contributed by atoms with Gasteiger partial charge in [-0.1, -0.05) is 6.07 Å². The highest BCUT2D eigenvalue weighted by molar-refractivity contribution is 7.91. The van der Waals surface area contributed by atoms with E-state index >= 15 is 0 Å². The molecule has 1 aromatic carbocycles. The van der Waals surface area contributed by atoms with Gasteiger partial charge in [-0.3, -0.25) is 4.68 Å². The van der Waals surface area contributed by atoms with Gasteiger partial charge in [-0.25, -0.2) is 14.1 Å². The summed E-state index contributed by atoms with van der Waals surface area (Å²) in [5, 5.41) is 13.1. The van der Waals surface area contributed by atoms with Gasteiger partial charge in [-0.15, -0.1) is 4.36 Å². The normalized spacial score (nSPS) is 17.5. The van der Waals surface area contributed by atoms with Gasteiger partial charge < -0.3 is 5.32 Å². The number of benzene rings is 1. The van der Waals surface area contributed by atoms with Crippen LogP contribution in [0.2, 0.25) is 0 Å². The number of hydrogen-bond acceptors (Lipinski definition) is 3. The number of rotatable bonds is 3. The zero-order chi connectivity index (χ0) is 19.2. The SMILES string of the molecule is CC(C)n1ccc([S@@](N)(=O)=NC(=O)Nc2c3c(cc4c2CCC4)CCC3)n1. The fourth-order valence-corrected chi connectivity index (χ4v) is 4.88. The van der Waals surface area contributed by atoms with Crippen LogP contribution < -0.4 is 10.5 Å². The predicted molar refractivity (Wildman–Crippen MR) is 105 cm³/mol. The van der Waals surface area contributed by atoms with Crippen molar-refractivity contribution in [2.75, 3.05) is 5.32 Å². The van der Waals surface area contributed by atoms with E-state index in [1.807, 2.05) is 13.8 Å². The van der Waals surface area contributed by atoms with Crippen LogP contribution in [0.5, 0.6) is 0 Å². The lowest BCUT2D eigenvalue weighted by atomic mass is 9.99. The number of fused-ring (bicyclic) bond motifs is 2. The zero-order valence-electron chi connectivity index (χ0n) is 15.7. The molecular weight excluding hydrogens is 362 g/mol. The number of nitrogens with zero attached hydrogens (tertiary/aromatic N) is 3. The molecule has 2 aromatic rings. The van der Waals surface area contributed by atoms with Crippen molar-refractivity contribution in [2.45, 2.75) is 63.4 Å². The van der Waals surface area contributed by atoms with Crippen molar-refractivity contribution in [1.29, 1.82) is 0 Å². The third kappa shape index (κ3) is 3.39. The molecule has 4 rings (SSSR count). The number of aryl methyl sites for hydroxylation is 2. The Morgan fingerprint density at radius 2 is 1.85 bits per heavy atom. The summed E-state index contributed by atoms with van der Waals surface area (Å²) in [4.78, 5) is 12.6. The average molecular weight is 388 g/mol. The molecule has 2 aliphatic rings. The van der Waals surface area contributed by atoms with Gasteiger partial charge in [0.05, 0.1) is 0 Å². The van der Waals surface area contributed by atoms with Crippen molar-refractivity contribution in [3.05, 3.63) is 40.6 Å². The van der Waals surface area contributed by atoms with E-state index in [-0.39, 0.29) is 11.1 Å². The minimum Gasteiger partial charge on any atom is -0.305 e. The average Bonchev–Trinajstić information content (AvgIpc) is 3.34. The van der Waals surface area contributed by atoms with Gasteiger partial charge in [-0.05, 0) is 80.7 Å². The summed E-state index contributed by atoms with van der Waals surface area (Å²) in [6.07, 6.45) is 7.88. The largest absolute Gasteiger partial charge is 0.354 e. The van der Waals surface area contributed by atoms with E-state index in [2.05, 4.69) is 20.8 Å². The molecule has 0 saturated heterocycles. The second kappa shape index (κ2) is 6.76. The van der Waals surface area contributed by atoms with E-state index in [1.165, 1.54) is 22.3 Å². The number of anilines is 1. The summed E-state index contributed by atoms with van der Waals surface area (Å²) < 4.78 is 18.2. The second-order valence-corrected chi connectivity index (χ2v) is 9.29. The second-order valence-electron chi connectivity index (χ2n) is 7.55. The maximum atomic E-state index is 12.8. The molecule has 8 heteroatoms. The Hall–Kier alpha value is -2.19. The number of aromatic nitrogens is 2. The molecule has 0 radical (unpaired) electrons. The Kier molecular flexibility index (Phi) is 4.55. The first-order chi connectivity index (χ1) is 12.8. The van der Waals surface area contributed by atoms with Crippen LogP contribution in [0.25, 0.3) is 0 Å². The van der Waals surface area contributed by atoms with E-state index in [9.17, 15) is 9.00 Å². The molecule has 7 nitrogen and oxygen atoms in total. The van der Waals surface area contributed by atoms with Crippen LogP contribution in [0.1, 0.15) is 55.0 Å². The van der Waals surface area contributed by atoms with E-state index in [1.54, 1.807) is 16.9 Å². The van der Waals surface area contributed by atoms with Crippen molar-refractivity contribution in [2.24, 2.45) is 9.50 Å². The molecule has 2 amide bonds. The van der Waals surface area contributed by atoms with E-state index in [0.717, 1.165) is 44.2 Å². The quantitative estimate of drug-likeness (QED) is 0.844. The smallest absolute Gasteiger partial charge is 0.305 e. The number of carbonyl (C=O) groups excluding carboxylic acids is 1. The lowest BCUT2D eigenvalue weighted by Gasteiger charge is -2.15. The molecule has 0 bridgehead atoms. The number of hydrogen-bond donors (Lipinski definition) is 2. The van der Waals surface area contributed by atoms with Crippen LogP contribution in [-0.2, 0) is 35.6 Å². The van der Waals surface area contributed by atoms with Crippen molar-refractivity contribution in [3.63, 3.8) is 0 Å². The van der Waals surface area contributed by atoms with Crippen LogP contribution in [0, 0.1) is 0 Å². The van der Waals surface area contributed by atoms with Gasteiger partial charge in [-0.2, -0.15) is 5.10 Å². The van der Waals surface area contributed by atoms with Gasteiger partial charge in [0.2, 0.25) is 0 Å². The van der Waals surface area contributed by atoms with E-state index in [4.69, 9.17) is 5.14 Å². The maximum absolute atomic E-state index is 12.8. The first-order valence-electron chi connectivity index (χ1n) is 9.43. The van der Waals surface area contributed by atoms with E-state index < -0.39 is 15.9 Å². The number of urea groups is 1. The lowest BCUT2D eigenvalue weighted by Crippen LogP contribution is -2.19. The molecule has 0 unspecified atom stereocenters. The highest BCUT2D eigenvalue weighted by Gasteiger charge is 2.25. The van der Waals surface area contributed by atoms with Crippen molar-refractivity contribution in [3.8, 4) is 0 Å². The van der Waals surface area contributed by atoms with Crippen molar-refractivity contribution >= 4 is 21.6 Å². The molecule has 0 fully saturated rings. The van der Waals surface area contributed by atoms with Crippen LogP contribution >= 0.6 is 0 Å². The Labute approximate surface area is 159 Å². The molecule has 2 aliphatic carbocycles. The minimum atomic E-state index is -3.39. The van der Waals surface area contributed by atoms with Gasteiger partial charge in [0.25, 0.3) is 0 Å². The topological polar surface area (TPSA) is 102 Å². The molecule has 144 valence electrons. The third-order valence-corrected chi connectivity index (χ3v) is 6.59. The summed E-state index contributed by atoms with van der Waals surface area (Å²) in [7, 11) is -3.39. The molecule has 0 spiro atoms. The molecule has 1 heterocycles. The minimum absolute atomic E-state index is 0.109. The van der Waals surface area contributed by atoms with Gasteiger partial charge >= 0.3 is 6.03 Å². The lowest BCUT2D eigenvalue weighted by molar-refractivity contribution is 0.260. The van der Waals surface area contributed by atoms with Gasteiger partial charge in [0.15, 0.2) is 14.9 Å². The number of carbonyl (C=O) groups is 1. The van der Waals surface area contributed by atoms with E-state index in [0.29, 0.717) is 0 Å². The summed E-state index contributed by atoms with van der Waals surface area (Å²) in [5.41, 5.74) is 5.90. The first kappa shape index (κ1) is 18.2.